The number of aryl methyl sites for hydroxylation is 1. The minimum absolute atomic E-state index is 0.00585. The van der Waals surface area contributed by atoms with E-state index in [1.165, 1.54) is 13.2 Å². The zero-order chi connectivity index (χ0) is 26.3. The summed E-state index contributed by atoms with van der Waals surface area (Å²) in [5.74, 6) is 0.324. The lowest BCUT2D eigenvalue weighted by Crippen LogP contribution is -2.37. The molecule has 0 radical (unpaired) electrons. The summed E-state index contributed by atoms with van der Waals surface area (Å²) in [5.41, 5.74) is 1.39. The average molecular weight is 515 g/mol. The van der Waals surface area contributed by atoms with E-state index in [4.69, 9.17) is 14.9 Å². The number of carbonyl (C=O) groups excluding carboxylic acids is 1. The zero-order valence-corrected chi connectivity index (χ0v) is 20.3. The molecule has 1 fully saturated rings. The first kappa shape index (κ1) is 24.6. The number of nitrogens with one attached hydrogen (secondary N) is 1. The van der Waals surface area contributed by atoms with Crippen molar-refractivity contribution < 1.29 is 27.4 Å². The molecule has 0 spiro atoms. The first-order valence-corrected chi connectivity index (χ1v) is 11.7. The van der Waals surface area contributed by atoms with Crippen molar-refractivity contribution in [2.24, 2.45) is 7.05 Å². The van der Waals surface area contributed by atoms with Crippen LogP contribution >= 0.6 is 0 Å². The van der Waals surface area contributed by atoms with Crippen molar-refractivity contribution in [2.45, 2.75) is 25.7 Å². The summed E-state index contributed by atoms with van der Waals surface area (Å²) in [4.78, 5) is 21.3. The third-order valence-corrected chi connectivity index (χ3v) is 6.48. The largest absolute Gasteiger partial charge is 0.497 e. The van der Waals surface area contributed by atoms with Gasteiger partial charge in [0, 0.05) is 49.7 Å². The van der Waals surface area contributed by atoms with Crippen molar-refractivity contribution >= 4 is 11.9 Å². The van der Waals surface area contributed by atoms with Crippen molar-refractivity contribution in [3.63, 3.8) is 0 Å². The molecular formula is C25H25F3N6O3. The van der Waals surface area contributed by atoms with Gasteiger partial charge in [-0.05, 0) is 41.3 Å². The molecule has 4 heterocycles. The highest BCUT2D eigenvalue weighted by Crippen LogP contribution is 2.40. The van der Waals surface area contributed by atoms with E-state index in [0.29, 0.717) is 59.8 Å². The summed E-state index contributed by atoms with van der Waals surface area (Å²) < 4.78 is 53.2. The summed E-state index contributed by atoms with van der Waals surface area (Å²) in [7, 11) is 2.98. The Labute approximate surface area is 210 Å². The van der Waals surface area contributed by atoms with Gasteiger partial charge in [-0.25, -0.2) is 0 Å². The van der Waals surface area contributed by atoms with Gasteiger partial charge in [0.1, 0.15) is 12.4 Å². The summed E-state index contributed by atoms with van der Waals surface area (Å²) in [6, 6.07) is 6.83. The second-order valence-electron chi connectivity index (χ2n) is 8.97. The van der Waals surface area contributed by atoms with Gasteiger partial charge >= 0.3 is 6.18 Å². The number of hydrogen-bond acceptors (Lipinski definition) is 6. The molecule has 3 aromatic rings. The molecule has 12 heteroatoms. The highest BCUT2D eigenvalue weighted by molar-refractivity contribution is 5.99. The van der Waals surface area contributed by atoms with E-state index >= 15 is 0 Å². The minimum atomic E-state index is -4.66. The molecule has 1 amide bonds. The number of nitrogens with zero attached hydrogens (tertiary/aromatic N) is 5. The van der Waals surface area contributed by atoms with E-state index in [1.807, 2.05) is 0 Å². The maximum atomic E-state index is 13.9. The van der Waals surface area contributed by atoms with Crippen LogP contribution in [0, 0.1) is 5.41 Å². The van der Waals surface area contributed by atoms with E-state index < -0.39 is 11.9 Å². The number of benzene rings is 1. The smallest absolute Gasteiger partial charge is 0.435 e. The number of alkyl halides is 3. The SMILES string of the molecule is COc1ccnc(CN2CCc3c(cc(CN4CCOC4=N)cc3-c3cn(C)nc3C(F)(F)F)C2=O)c1. The Kier molecular flexibility index (Phi) is 6.26. The monoisotopic (exact) mass is 514 g/mol. The summed E-state index contributed by atoms with van der Waals surface area (Å²) in [5, 5.41) is 11.6. The van der Waals surface area contributed by atoms with E-state index in [-0.39, 0.29) is 30.6 Å². The number of amides is 1. The van der Waals surface area contributed by atoms with Crippen molar-refractivity contribution in [1.29, 1.82) is 5.41 Å². The molecule has 2 aliphatic rings. The van der Waals surface area contributed by atoms with Gasteiger partial charge in [-0.3, -0.25) is 19.9 Å². The maximum Gasteiger partial charge on any atom is 0.435 e. The van der Waals surface area contributed by atoms with Gasteiger partial charge in [-0.2, -0.15) is 18.3 Å². The van der Waals surface area contributed by atoms with Gasteiger partial charge in [0.15, 0.2) is 5.69 Å². The Morgan fingerprint density at radius 2 is 1.89 bits per heavy atom. The Morgan fingerprint density at radius 3 is 2.59 bits per heavy atom. The molecule has 5 rings (SSSR count). The van der Waals surface area contributed by atoms with Crippen molar-refractivity contribution in [3.05, 3.63) is 64.7 Å². The van der Waals surface area contributed by atoms with E-state index in [0.717, 1.165) is 4.68 Å². The molecule has 2 aliphatic heterocycles. The van der Waals surface area contributed by atoms with Crippen molar-refractivity contribution in [1.82, 2.24) is 24.6 Å². The van der Waals surface area contributed by atoms with Crippen molar-refractivity contribution in [2.75, 3.05) is 26.8 Å². The van der Waals surface area contributed by atoms with Gasteiger partial charge in [-0.1, -0.05) is 0 Å². The van der Waals surface area contributed by atoms with Crippen molar-refractivity contribution in [3.8, 4) is 16.9 Å². The van der Waals surface area contributed by atoms with Crippen LogP contribution in [0.5, 0.6) is 5.75 Å². The summed E-state index contributed by atoms with van der Waals surface area (Å²) in [6.07, 6.45) is -1.36. The average Bonchev–Trinajstić information content (AvgIpc) is 3.46. The van der Waals surface area contributed by atoms with Gasteiger partial charge in [0.25, 0.3) is 11.9 Å². The molecule has 9 nitrogen and oxygen atoms in total. The van der Waals surface area contributed by atoms with Crippen LogP contribution in [0.15, 0.2) is 36.7 Å². The lowest BCUT2D eigenvalue weighted by atomic mass is 9.88. The molecule has 0 unspecified atom stereocenters. The van der Waals surface area contributed by atoms with Crippen LogP contribution in [0.2, 0.25) is 0 Å². The standard InChI is InChI=1S/C25H25F3N6O3/c1-32-14-21(22(31-32)25(26,27)28)19-9-15(12-34-7-8-37-24(34)29)10-20-18(19)4-6-33(23(20)35)13-16-11-17(36-2)3-5-30-16/h3,5,9-11,14,29H,4,6-8,12-13H2,1-2H3. The highest BCUT2D eigenvalue weighted by atomic mass is 19.4. The van der Waals surface area contributed by atoms with E-state index in [9.17, 15) is 18.0 Å². The van der Waals surface area contributed by atoms with E-state index in [1.54, 1.807) is 47.4 Å². The third kappa shape index (κ3) is 4.83. The van der Waals surface area contributed by atoms with Gasteiger partial charge in [-0.15, -0.1) is 0 Å². The number of carbonyl (C=O) groups is 1. The number of hydrogen-bond donors (Lipinski definition) is 1. The Hall–Kier alpha value is -4.09. The van der Waals surface area contributed by atoms with Crippen LogP contribution in [0.1, 0.15) is 32.9 Å². The molecule has 1 N–H and O–H groups in total. The Morgan fingerprint density at radius 1 is 1.11 bits per heavy atom. The number of aromatic nitrogens is 3. The predicted molar refractivity (Wildman–Crippen MR) is 127 cm³/mol. The molecule has 1 aromatic carbocycles. The van der Waals surface area contributed by atoms with Crippen LogP contribution in [-0.2, 0) is 37.5 Å². The topological polar surface area (TPSA) is 96.6 Å². The normalized spacial score (nSPS) is 15.7. The minimum Gasteiger partial charge on any atom is -0.497 e. The predicted octanol–water partition coefficient (Wildman–Crippen LogP) is 3.47. The molecule has 0 aliphatic carbocycles. The molecule has 1 saturated heterocycles. The Bertz CT molecular complexity index is 1370. The first-order valence-electron chi connectivity index (χ1n) is 11.7. The number of pyridine rings is 1. The number of methoxy groups -OCH3 is 1. The van der Waals surface area contributed by atoms with Crippen LogP contribution in [0.4, 0.5) is 13.2 Å². The molecule has 0 atom stereocenters. The fourth-order valence-corrected chi connectivity index (χ4v) is 4.77. The molecule has 0 bridgehead atoms. The number of fused-ring (bicyclic) bond motifs is 1. The molecule has 37 heavy (non-hydrogen) atoms. The second kappa shape index (κ2) is 9.41. The molecule has 2 aromatic heterocycles. The lowest BCUT2D eigenvalue weighted by molar-refractivity contribution is -0.140. The summed E-state index contributed by atoms with van der Waals surface area (Å²) in [6.45, 7) is 1.63. The van der Waals surface area contributed by atoms with Crippen LogP contribution in [-0.4, -0.2) is 63.3 Å². The highest BCUT2D eigenvalue weighted by Gasteiger charge is 2.39. The first-order chi connectivity index (χ1) is 17.6. The molecular weight excluding hydrogens is 489 g/mol. The Balaban J connectivity index is 1.57. The zero-order valence-electron chi connectivity index (χ0n) is 20.3. The number of ether oxygens (including phenoxy) is 2. The maximum absolute atomic E-state index is 13.9. The number of amidine groups is 1. The third-order valence-electron chi connectivity index (χ3n) is 6.48. The lowest BCUT2D eigenvalue weighted by Gasteiger charge is -2.30. The fourth-order valence-electron chi connectivity index (χ4n) is 4.77. The van der Waals surface area contributed by atoms with Crippen LogP contribution < -0.4 is 4.74 Å². The van der Waals surface area contributed by atoms with Crippen LogP contribution in [0.3, 0.4) is 0 Å². The molecule has 0 saturated carbocycles. The summed E-state index contributed by atoms with van der Waals surface area (Å²) >= 11 is 0. The fraction of sp³-hybridized carbons (Fsp3) is 0.360. The van der Waals surface area contributed by atoms with E-state index in [2.05, 4.69) is 10.1 Å². The van der Waals surface area contributed by atoms with Gasteiger partial charge in [0.2, 0.25) is 0 Å². The molecule has 194 valence electrons. The van der Waals surface area contributed by atoms with Gasteiger partial charge < -0.3 is 19.3 Å². The number of halogens is 3. The second-order valence-corrected chi connectivity index (χ2v) is 8.97. The van der Waals surface area contributed by atoms with Crippen LogP contribution in [0.25, 0.3) is 11.1 Å². The number of rotatable bonds is 6. The quantitative estimate of drug-likeness (QED) is 0.541. The van der Waals surface area contributed by atoms with Gasteiger partial charge in [0.05, 0.1) is 25.9 Å².